The summed E-state index contributed by atoms with van der Waals surface area (Å²) in [5.41, 5.74) is 9.80. The lowest BCUT2D eigenvalue weighted by Crippen LogP contribution is -2.44. The highest BCUT2D eigenvalue weighted by Gasteiger charge is 2.29. The topological polar surface area (TPSA) is 41.7 Å². The molecular weight excluding hydrogens is 250 g/mol. The number of morpholine rings is 1. The van der Waals surface area contributed by atoms with Crippen molar-refractivity contribution in [1.29, 1.82) is 0 Å². The van der Waals surface area contributed by atoms with E-state index in [1.54, 1.807) is 0 Å². The maximum atomic E-state index is 5.89. The van der Waals surface area contributed by atoms with Crippen molar-refractivity contribution in [2.75, 3.05) is 44.3 Å². The largest absolute Gasteiger partial charge is 0.379 e. The number of rotatable bonds is 3. The fraction of sp³-hybridized carbons (Fsp3) is 0.625. The first-order valence-corrected chi connectivity index (χ1v) is 7.64. The second kappa shape index (κ2) is 6.12. The Morgan fingerprint density at radius 1 is 1.25 bits per heavy atom. The van der Waals surface area contributed by atoms with Gasteiger partial charge in [-0.3, -0.25) is 4.90 Å². The molecular formula is C16H25N3O. The van der Waals surface area contributed by atoms with Crippen molar-refractivity contribution in [1.82, 2.24) is 4.90 Å². The minimum absolute atomic E-state index is 0.619. The number of anilines is 1. The zero-order valence-electron chi connectivity index (χ0n) is 12.3. The Kier molecular flexibility index (Phi) is 4.24. The summed E-state index contributed by atoms with van der Waals surface area (Å²) in [5, 5.41) is 0. The van der Waals surface area contributed by atoms with Crippen LogP contribution >= 0.6 is 0 Å². The molecule has 20 heavy (non-hydrogen) atoms. The van der Waals surface area contributed by atoms with Crippen LogP contribution in [-0.2, 0) is 11.3 Å². The van der Waals surface area contributed by atoms with Crippen LogP contribution in [-0.4, -0.2) is 50.3 Å². The number of benzene rings is 1. The normalized spacial score (nSPS) is 24.3. The van der Waals surface area contributed by atoms with E-state index < -0.39 is 0 Å². The maximum Gasteiger partial charge on any atom is 0.0594 e. The van der Waals surface area contributed by atoms with Gasteiger partial charge < -0.3 is 15.4 Å². The van der Waals surface area contributed by atoms with Crippen LogP contribution in [0.4, 0.5) is 5.69 Å². The van der Waals surface area contributed by atoms with Gasteiger partial charge in [-0.25, -0.2) is 0 Å². The fourth-order valence-corrected chi connectivity index (χ4v) is 3.34. The smallest absolute Gasteiger partial charge is 0.0594 e. The molecule has 3 rings (SSSR count). The van der Waals surface area contributed by atoms with Gasteiger partial charge in [-0.1, -0.05) is 12.1 Å². The van der Waals surface area contributed by atoms with E-state index in [1.807, 2.05) is 0 Å². The molecule has 1 aromatic rings. The number of ether oxygens (including phenoxy) is 1. The second-order valence-corrected chi connectivity index (χ2v) is 5.87. The van der Waals surface area contributed by atoms with E-state index in [0.717, 1.165) is 39.4 Å². The molecule has 110 valence electrons. The van der Waals surface area contributed by atoms with Gasteiger partial charge >= 0.3 is 0 Å². The van der Waals surface area contributed by atoms with Crippen molar-refractivity contribution in [3.63, 3.8) is 0 Å². The molecule has 2 aliphatic heterocycles. The van der Waals surface area contributed by atoms with Gasteiger partial charge in [0.05, 0.1) is 13.2 Å². The number of nitrogens with two attached hydrogens (primary N) is 1. The molecule has 0 radical (unpaired) electrons. The SMILES string of the molecule is Cc1ccc(CN)c(N2CCC(N3CCOCC3)C2)c1. The molecule has 1 atom stereocenters. The van der Waals surface area contributed by atoms with Gasteiger partial charge in [-0.2, -0.15) is 0 Å². The number of nitrogens with zero attached hydrogens (tertiary/aromatic N) is 2. The van der Waals surface area contributed by atoms with Gasteiger partial charge in [0.25, 0.3) is 0 Å². The van der Waals surface area contributed by atoms with Crippen LogP contribution in [0.15, 0.2) is 18.2 Å². The molecule has 4 nitrogen and oxygen atoms in total. The van der Waals surface area contributed by atoms with Gasteiger partial charge in [0, 0.05) is 44.5 Å². The lowest BCUT2D eigenvalue weighted by molar-refractivity contribution is 0.0209. The quantitative estimate of drug-likeness (QED) is 0.904. The van der Waals surface area contributed by atoms with Crippen molar-refractivity contribution >= 4 is 5.69 Å². The molecule has 0 aliphatic carbocycles. The maximum absolute atomic E-state index is 5.89. The van der Waals surface area contributed by atoms with Crippen LogP contribution in [0.1, 0.15) is 17.5 Å². The zero-order chi connectivity index (χ0) is 13.9. The molecule has 1 unspecified atom stereocenters. The summed E-state index contributed by atoms with van der Waals surface area (Å²) in [4.78, 5) is 5.09. The molecule has 0 spiro atoms. The van der Waals surface area contributed by atoms with Crippen LogP contribution in [0.2, 0.25) is 0 Å². The monoisotopic (exact) mass is 275 g/mol. The van der Waals surface area contributed by atoms with E-state index in [9.17, 15) is 0 Å². The Balaban J connectivity index is 1.71. The fourth-order valence-electron chi connectivity index (χ4n) is 3.34. The minimum atomic E-state index is 0.619. The first-order valence-electron chi connectivity index (χ1n) is 7.64. The molecule has 2 fully saturated rings. The lowest BCUT2D eigenvalue weighted by atomic mass is 10.1. The number of aryl methyl sites for hydroxylation is 1. The Labute approximate surface area is 121 Å². The van der Waals surface area contributed by atoms with E-state index in [-0.39, 0.29) is 0 Å². The summed E-state index contributed by atoms with van der Waals surface area (Å²) >= 11 is 0. The van der Waals surface area contributed by atoms with Crippen LogP contribution in [0, 0.1) is 6.92 Å². The summed E-state index contributed by atoms with van der Waals surface area (Å²) in [6.45, 7) is 8.96. The summed E-state index contributed by atoms with van der Waals surface area (Å²) in [7, 11) is 0. The number of hydrogen-bond acceptors (Lipinski definition) is 4. The highest BCUT2D eigenvalue weighted by atomic mass is 16.5. The summed E-state index contributed by atoms with van der Waals surface area (Å²) in [6.07, 6.45) is 1.25. The van der Waals surface area contributed by atoms with Gasteiger partial charge in [0.1, 0.15) is 0 Å². The van der Waals surface area contributed by atoms with Crippen LogP contribution in [0.3, 0.4) is 0 Å². The molecule has 0 aromatic heterocycles. The summed E-state index contributed by atoms with van der Waals surface area (Å²) in [5.74, 6) is 0. The van der Waals surface area contributed by atoms with E-state index in [1.165, 1.54) is 23.2 Å². The molecule has 1 aromatic carbocycles. The van der Waals surface area contributed by atoms with Crippen molar-refractivity contribution in [2.45, 2.75) is 25.9 Å². The number of hydrogen-bond donors (Lipinski definition) is 1. The zero-order valence-corrected chi connectivity index (χ0v) is 12.3. The Morgan fingerprint density at radius 2 is 2.05 bits per heavy atom. The Bertz CT molecular complexity index is 457. The van der Waals surface area contributed by atoms with Crippen molar-refractivity contribution in [3.05, 3.63) is 29.3 Å². The van der Waals surface area contributed by atoms with Gasteiger partial charge in [-0.15, -0.1) is 0 Å². The van der Waals surface area contributed by atoms with Gasteiger partial charge in [-0.05, 0) is 30.5 Å². The molecule has 2 aliphatic rings. The van der Waals surface area contributed by atoms with E-state index in [4.69, 9.17) is 10.5 Å². The standard InChI is InChI=1S/C16H25N3O/c1-13-2-3-14(11-17)16(10-13)19-5-4-15(12-19)18-6-8-20-9-7-18/h2-3,10,15H,4-9,11-12,17H2,1H3. The lowest BCUT2D eigenvalue weighted by Gasteiger charge is -2.32. The molecule has 0 amide bonds. The van der Waals surface area contributed by atoms with E-state index in [2.05, 4.69) is 34.9 Å². The third-order valence-electron chi connectivity index (χ3n) is 4.53. The third-order valence-corrected chi connectivity index (χ3v) is 4.53. The predicted octanol–water partition coefficient (Wildman–Crippen LogP) is 1.36. The first kappa shape index (κ1) is 13.9. The average molecular weight is 275 g/mol. The Morgan fingerprint density at radius 3 is 2.80 bits per heavy atom. The summed E-state index contributed by atoms with van der Waals surface area (Å²) in [6, 6.07) is 7.28. The van der Waals surface area contributed by atoms with E-state index in [0.29, 0.717) is 12.6 Å². The van der Waals surface area contributed by atoms with Crippen LogP contribution in [0.25, 0.3) is 0 Å². The third kappa shape index (κ3) is 2.82. The van der Waals surface area contributed by atoms with Crippen LogP contribution < -0.4 is 10.6 Å². The van der Waals surface area contributed by atoms with Crippen molar-refractivity contribution in [2.24, 2.45) is 5.73 Å². The van der Waals surface area contributed by atoms with Crippen molar-refractivity contribution < 1.29 is 4.74 Å². The van der Waals surface area contributed by atoms with E-state index >= 15 is 0 Å². The van der Waals surface area contributed by atoms with Crippen molar-refractivity contribution in [3.8, 4) is 0 Å². The second-order valence-electron chi connectivity index (χ2n) is 5.87. The molecule has 4 heteroatoms. The Hall–Kier alpha value is -1.10. The minimum Gasteiger partial charge on any atom is -0.379 e. The predicted molar refractivity (Wildman–Crippen MR) is 82.1 cm³/mol. The molecule has 2 heterocycles. The summed E-state index contributed by atoms with van der Waals surface area (Å²) < 4.78 is 5.45. The highest BCUT2D eigenvalue weighted by Crippen LogP contribution is 2.27. The highest BCUT2D eigenvalue weighted by molar-refractivity contribution is 5.56. The van der Waals surface area contributed by atoms with Crippen LogP contribution in [0.5, 0.6) is 0 Å². The molecule has 0 saturated carbocycles. The molecule has 2 N–H and O–H groups in total. The first-order chi connectivity index (χ1) is 9.78. The van der Waals surface area contributed by atoms with Gasteiger partial charge in [0.2, 0.25) is 0 Å². The molecule has 2 saturated heterocycles. The average Bonchev–Trinajstić information content (AvgIpc) is 2.98. The van der Waals surface area contributed by atoms with Gasteiger partial charge in [0.15, 0.2) is 0 Å². The molecule has 0 bridgehead atoms.